The highest BCUT2D eigenvalue weighted by molar-refractivity contribution is 7.89. The third-order valence-corrected chi connectivity index (χ3v) is 6.19. The molecule has 0 spiro atoms. The number of sulfonamides is 1. The molecule has 1 aliphatic heterocycles. The summed E-state index contributed by atoms with van der Waals surface area (Å²) >= 11 is 0. The largest absolute Gasteiger partial charge is 0.330 e. The van der Waals surface area contributed by atoms with Crippen molar-refractivity contribution < 1.29 is 8.42 Å². The maximum absolute atomic E-state index is 12.6. The summed E-state index contributed by atoms with van der Waals surface area (Å²) in [5.41, 5.74) is 6.64. The molecule has 0 unspecified atom stereocenters. The Bertz CT molecular complexity index is 546. The Morgan fingerprint density at radius 2 is 1.84 bits per heavy atom. The lowest BCUT2D eigenvalue weighted by atomic mass is 9.81. The van der Waals surface area contributed by atoms with Crippen LogP contribution in [0.15, 0.2) is 29.2 Å². The fraction of sp³-hybridized carbons (Fsp3) is 0.571. The zero-order chi connectivity index (χ0) is 14.1. The molecule has 19 heavy (non-hydrogen) atoms. The molecule has 2 rings (SSSR count). The first kappa shape index (κ1) is 14.5. The van der Waals surface area contributed by atoms with Crippen molar-refractivity contribution in [3.05, 3.63) is 29.8 Å². The van der Waals surface area contributed by atoms with E-state index in [1.54, 1.807) is 16.4 Å². The Labute approximate surface area is 115 Å². The molecule has 4 nitrogen and oxygen atoms in total. The van der Waals surface area contributed by atoms with Crippen LogP contribution >= 0.6 is 0 Å². The van der Waals surface area contributed by atoms with Crippen LogP contribution < -0.4 is 5.73 Å². The SMILES string of the molecule is Cc1ccccc1S(=O)(=O)N1CCC(C)(CN)CC1. The number of nitrogens with zero attached hydrogens (tertiary/aromatic N) is 1. The van der Waals surface area contributed by atoms with E-state index in [9.17, 15) is 8.42 Å². The van der Waals surface area contributed by atoms with Gasteiger partial charge in [-0.3, -0.25) is 0 Å². The lowest BCUT2D eigenvalue weighted by molar-refractivity contribution is 0.183. The van der Waals surface area contributed by atoms with Crippen LogP contribution in [0.5, 0.6) is 0 Å². The molecule has 5 heteroatoms. The number of piperidine rings is 1. The summed E-state index contributed by atoms with van der Waals surface area (Å²) in [6.07, 6.45) is 1.66. The third-order valence-electron chi connectivity index (χ3n) is 4.13. The summed E-state index contributed by atoms with van der Waals surface area (Å²) in [5, 5.41) is 0. The molecule has 0 radical (unpaired) electrons. The van der Waals surface area contributed by atoms with E-state index >= 15 is 0 Å². The number of rotatable bonds is 3. The van der Waals surface area contributed by atoms with Crippen LogP contribution in [0, 0.1) is 12.3 Å². The smallest absolute Gasteiger partial charge is 0.243 e. The summed E-state index contributed by atoms with van der Waals surface area (Å²) in [6.45, 7) is 5.70. The second kappa shape index (κ2) is 5.23. The van der Waals surface area contributed by atoms with Crippen LogP contribution in [0.25, 0.3) is 0 Å². The van der Waals surface area contributed by atoms with Gasteiger partial charge in [-0.15, -0.1) is 0 Å². The van der Waals surface area contributed by atoms with Gasteiger partial charge in [0.25, 0.3) is 0 Å². The van der Waals surface area contributed by atoms with Gasteiger partial charge in [0.15, 0.2) is 0 Å². The predicted molar refractivity (Wildman–Crippen MR) is 76.3 cm³/mol. The molecular weight excluding hydrogens is 260 g/mol. The molecule has 1 heterocycles. The standard InChI is InChI=1S/C14H22N2O2S/c1-12-5-3-4-6-13(12)19(17,18)16-9-7-14(2,11-15)8-10-16/h3-6H,7-11,15H2,1-2H3. The Balaban J connectivity index is 2.22. The van der Waals surface area contributed by atoms with Crippen molar-refractivity contribution in [3.8, 4) is 0 Å². The van der Waals surface area contributed by atoms with Crippen LogP contribution in [0.3, 0.4) is 0 Å². The fourth-order valence-corrected chi connectivity index (χ4v) is 4.12. The Kier molecular flexibility index (Phi) is 3.99. The normalized spacial score (nSPS) is 20.4. The Hall–Kier alpha value is -0.910. The van der Waals surface area contributed by atoms with Crippen LogP contribution in [-0.4, -0.2) is 32.4 Å². The van der Waals surface area contributed by atoms with Crippen molar-refractivity contribution in [2.75, 3.05) is 19.6 Å². The van der Waals surface area contributed by atoms with Gasteiger partial charge in [0.1, 0.15) is 0 Å². The zero-order valence-corrected chi connectivity index (χ0v) is 12.4. The first-order chi connectivity index (χ1) is 8.89. The van der Waals surface area contributed by atoms with E-state index in [1.165, 1.54) is 0 Å². The van der Waals surface area contributed by atoms with Gasteiger partial charge in [-0.1, -0.05) is 25.1 Å². The van der Waals surface area contributed by atoms with Gasteiger partial charge in [-0.25, -0.2) is 8.42 Å². The summed E-state index contributed by atoms with van der Waals surface area (Å²) in [6, 6.07) is 7.14. The molecule has 1 aromatic carbocycles. The minimum Gasteiger partial charge on any atom is -0.330 e. The molecule has 106 valence electrons. The van der Waals surface area contributed by atoms with Gasteiger partial charge in [-0.05, 0) is 43.4 Å². The number of nitrogens with two attached hydrogens (primary N) is 1. The van der Waals surface area contributed by atoms with Gasteiger partial charge in [0, 0.05) is 13.1 Å². The van der Waals surface area contributed by atoms with Crippen LogP contribution in [0.2, 0.25) is 0 Å². The third kappa shape index (κ3) is 2.83. The first-order valence-electron chi connectivity index (χ1n) is 6.65. The lowest BCUT2D eigenvalue weighted by Crippen LogP contribution is -2.44. The number of hydrogen-bond acceptors (Lipinski definition) is 3. The van der Waals surface area contributed by atoms with E-state index in [-0.39, 0.29) is 5.41 Å². The molecule has 0 aliphatic carbocycles. The number of hydrogen-bond donors (Lipinski definition) is 1. The van der Waals surface area contributed by atoms with Crippen LogP contribution in [-0.2, 0) is 10.0 Å². The molecule has 0 bridgehead atoms. The van der Waals surface area contributed by atoms with Crippen molar-refractivity contribution in [2.45, 2.75) is 31.6 Å². The Morgan fingerprint density at radius 3 is 2.37 bits per heavy atom. The van der Waals surface area contributed by atoms with E-state index in [4.69, 9.17) is 5.73 Å². The highest BCUT2D eigenvalue weighted by atomic mass is 32.2. The number of benzene rings is 1. The molecular formula is C14H22N2O2S. The maximum Gasteiger partial charge on any atom is 0.243 e. The molecule has 1 aliphatic rings. The van der Waals surface area contributed by atoms with E-state index in [0.29, 0.717) is 24.5 Å². The molecule has 0 aromatic heterocycles. The maximum atomic E-state index is 12.6. The average molecular weight is 282 g/mol. The zero-order valence-electron chi connectivity index (χ0n) is 11.6. The number of aryl methyl sites for hydroxylation is 1. The minimum atomic E-state index is -3.36. The quantitative estimate of drug-likeness (QED) is 0.918. The fourth-order valence-electron chi connectivity index (χ4n) is 2.46. The van der Waals surface area contributed by atoms with E-state index in [0.717, 1.165) is 18.4 Å². The van der Waals surface area contributed by atoms with E-state index in [1.807, 2.05) is 19.1 Å². The molecule has 2 N–H and O–H groups in total. The van der Waals surface area contributed by atoms with Crippen molar-refractivity contribution >= 4 is 10.0 Å². The molecule has 0 saturated carbocycles. The molecule has 1 saturated heterocycles. The van der Waals surface area contributed by atoms with Gasteiger partial charge >= 0.3 is 0 Å². The topological polar surface area (TPSA) is 63.4 Å². The summed E-state index contributed by atoms with van der Waals surface area (Å²) in [5.74, 6) is 0. The van der Waals surface area contributed by atoms with Gasteiger partial charge in [-0.2, -0.15) is 4.31 Å². The van der Waals surface area contributed by atoms with Crippen molar-refractivity contribution in [1.29, 1.82) is 0 Å². The summed E-state index contributed by atoms with van der Waals surface area (Å²) in [4.78, 5) is 0.423. The van der Waals surface area contributed by atoms with E-state index in [2.05, 4.69) is 6.92 Å². The molecule has 1 aromatic rings. The van der Waals surface area contributed by atoms with Crippen LogP contribution in [0.1, 0.15) is 25.3 Å². The van der Waals surface area contributed by atoms with E-state index < -0.39 is 10.0 Å². The van der Waals surface area contributed by atoms with Crippen molar-refractivity contribution in [3.63, 3.8) is 0 Å². The predicted octanol–water partition coefficient (Wildman–Crippen LogP) is 1.74. The minimum absolute atomic E-state index is 0.0811. The van der Waals surface area contributed by atoms with Crippen molar-refractivity contribution in [2.24, 2.45) is 11.1 Å². The highest BCUT2D eigenvalue weighted by Gasteiger charge is 2.34. The second-order valence-electron chi connectivity index (χ2n) is 5.68. The summed E-state index contributed by atoms with van der Waals surface area (Å²) in [7, 11) is -3.36. The second-order valence-corrected chi connectivity index (χ2v) is 7.59. The van der Waals surface area contributed by atoms with Crippen molar-refractivity contribution in [1.82, 2.24) is 4.31 Å². The molecule has 0 amide bonds. The first-order valence-corrected chi connectivity index (χ1v) is 8.09. The Morgan fingerprint density at radius 1 is 1.26 bits per heavy atom. The van der Waals surface area contributed by atoms with Crippen LogP contribution in [0.4, 0.5) is 0 Å². The monoisotopic (exact) mass is 282 g/mol. The molecule has 0 atom stereocenters. The lowest BCUT2D eigenvalue weighted by Gasteiger charge is -2.38. The highest BCUT2D eigenvalue weighted by Crippen LogP contribution is 2.32. The van der Waals surface area contributed by atoms with Gasteiger partial charge < -0.3 is 5.73 Å². The summed E-state index contributed by atoms with van der Waals surface area (Å²) < 4.78 is 26.8. The average Bonchev–Trinajstić information content (AvgIpc) is 2.39. The van der Waals surface area contributed by atoms with Gasteiger partial charge in [0.05, 0.1) is 4.90 Å². The van der Waals surface area contributed by atoms with Gasteiger partial charge in [0.2, 0.25) is 10.0 Å². The molecule has 1 fully saturated rings.